The molecule has 118 valence electrons. The van der Waals surface area contributed by atoms with Crippen LogP contribution in [0.1, 0.15) is 32.1 Å². The summed E-state index contributed by atoms with van der Waals surface area (Å²) in [5, 5.41) is 18.0. The Hall–Kier alpha value is -2.03. The fourth-order valence-corrected chi connectivity index (χ4v) is 4.82. The molecular formula is C13H15N3O5S. The van der Waals surface area contributed by atoms with Gasteiger partial charge in [0.2, 0.25) is 5.52 Å². The molecular weight excluding hydrogens is 310 g/mol. The second-order valence-corrected chi connectivity index (χ2v) is 7.59. The summed E-state index contributed by atoms with van der Waals surface area (Å²) in [6.07, 6.45) is 5.02. The van der Waals surface area contributed by atoms with Crippen molar-refractivity contribution in [2.24, 2.45) is 5.92 Å². The summed E-state index contributed by atoms with van der Waals surface area (Å²) in [6, 6.07) is 2.36. The molecule has 1 aliphatic rings. The molecule has 0 N–H and O–H groups in total. The highest BCUT2D eigenvalue weighted by molar-refractivity contribution is 7.91. The summed E-state index contributed by atoms with van der Waals surface area (Å²) < 4.78 is 29.7. The largest absolute Gasteiger partial charge is 0.300 e. The van der Waals surface area contributed by atoms with Gasteiger partial charge >= 0.3 is 5.69 Å². The van der Waals surface area contributed by atoms with Crippen LogP contribution in [0.15, 0.2) is 21.7 Å². The van der Waals surface area contributed by atoms with Crippen molar-refractivity contribution in [1.82, 2.24) is 10.3 Å². The van der Waals surface area contributed by atoms with Crippen LogP contribution in [0.3, 0.4) is 0 Å². The predicted molar refractivity (Wildman–Crippen MR) is 77.1 cm³/mol. The number of nitro benzene ring substituents is 1. The van der Waals surface area contributed by atoms with Crippen molar-refractivity contribution in [1.29, 1.82) is 0 Å². The SMILES string of the molecule is O=[N+]([O-])c1ccc(S(=O)(=O)CC2CCCCC2)c2nonc12. The molecule has 1 fully saturated rings. The minimum absolute atomic E-state index is 0.0345. The first kappa shape index (κ1) is 14.9. The number of fused-ring (bicyclic) bond motifs is 1. The van der Waals surface area contributed by atoms with E-state index in [1.807, 2.05) is 0 Å². The summed E-state index contributed by atoms with van der Waals surface area (Å²) in [5.74, 6) is 0.163. The lowest BCUT2D eigenvalue weighted by molar-refractivity contribution is -0.383. The Morgan fingerprint density at radius 2 is 1.86 bits per heavy atom. The molecule has 0 amide bonds. The van der Waals surface area contributed by atoms with Gasteiger partial charge in [0.15, 0.2) is 15.4 Å². The molecule has 0 saturated heterocycles. The van der Waals surface area contributed by atoms with E-state index in [0.29, 0.717) is 0 Å². The van der Waals surface area contributed by atoms with Gasteiger partial charge < -0.3 is 0 Å². The van der Waals surface area contributed by atoms with E-state index in [1.54, 1.807) is 0 Å². The molecule has 1 aromatic carbocycles. The van der Waals surface area contributed by atoms with Gasteiger partial charge in [-0.05, 0) is 35.1 Å². The Bertz CT molecular complexity index is 808. The maximum atomic E-state index is 12.6. The fourth-order valence-electron chi connectivity index (χ4n) is 2.98. The maximum Gasteiger partial charge on any atom is 0.300 e. The fraction of sp³-hybridized carbons (Fsp3) is 0.538. The van der Waals surface area contributed by atoms with Crippen molar-refractivity contribution >= 4 is 26.6 Å². The molecule has 0 atom stereocenters. The number of rotatable bonds is 4. The van der Waals surface area contributed by atoms with Gasteiger partial charge in [-0.3, -0.25) is 10.1 Å². The van der Waals surface area contributed by atoms with Crippen LogP contribution in [0, 0.1) is 16.0 Å². The Morgan fingerprint density at radius 1 is 1.18 bits per heavy atom. The summed E-state index contributed by atoms with van der Waals surface area (Å²) in [7, 11) is -3.58. The average Bonchev–Trinajstić information content (AvgIpc) is 2.95. The Morgan fingerprint density at radius 3 is 2.55 bits per heavy atom. The van der Waals surface area contributed by atoms with Crippen molar-refractivity contribution in [2.45, 2.75) is 37.0 Å². The standard InChI is InChI=1S/C13H15N3O5S/c17-16(18)10-6-7-11(13-12(10)14-21-15-13)22(19,20)8-9-4-2-1-3-5-9/h6-7,9H,1-5,8H2. The van der Waals surface area contributed by atoms with Gasteiger partial charge in [0.05, 0.1) is 15.6 Å². The second kappa shape index (κ2) is 5.64. The van der Waals surface area contributed by atoms with Gasteiger partial charge in [-0.2, -0.15) is 0 Å². The molecule has 0 spiro atoms. The minimum Gasteiger partial charge on any atom is -0.258 e. The van der Waals surface area contributed by atoms with Crippen molar-refractivity contribution in [3.8, 4) is 0 Å². The van der Waals surface area contributed by atoms with Gasteiger partial charge in [0.25, 0.3) is 0 Å². The second-order valence-electron chi connectivity index (χ2n) is 5.59. The maximum absolute atomic E-state index is 12.6. The molecule has 1 aliphatic carbocycles. The highest BCUT2D eigenvalue weighted by Gasteiger charge is 2.29. The van der Waals surface area contributed by atoms with Crippen LogP contribution >= 0.6 is 0 Å². The van der Waals surface area contributed by atoms with E-state index >= 15 is 0 Å². The van der Waals surface area contributed by atoms with E-state index in [4.69, 9.17) is 0 Å². The third kappa shape index (κ3) is 2.68. The first-order chi connectivity index (χ1) is 10.5. The molecule has 1 heterocycles. The van der Waals surface area contributed by atoms with Crippen LogP contribution in [0.4, 0.5) is 5.69 Å². The van der Waals surface area contributed by atoms with Gasteiger partial charge in [-0.25, -0.2) is 13.0 Å². The molecule has 0 bridgehead atoms. The monoisotopic (exact) mass is 325 g/mol. The number of hydrogen-bond donors (Lipinski definition) is 0. The summed E-state index contributed by atoms with van der Waals surface area (Å²) in [5.41, 5.74) is -0.507. The predicted octanol–water partition coefficient (Wildman–Crippen LogP) is 2.49. The smallest absolute Gasteiger partial charge is 0.258 e. The van der Waals surface area contributed by atoms with Crippen molar-refractivity contribution in [3.63, 3.8) is 0 Å². The Labute approximate surface area is 126 Å². The van der Waals surface area contributed by atoms with Crippen LogP contribution in [0.5, 0.6) is 0 Å². The number of non-ortho nitro benzene ring substituents is 1. The van der Waals surface area contributed by atoms with Crippen LogP contribution in [-0.2, 0) is 9.84 Å². The molecule has 9 heteroatoms. The number of nitro groups is 1. The van der Waals surface area contributed by atoms with E-state index in [9.17, 15) is 18.5 Å². The molecule has 0 radical (unpaired) electrons. The molecule has 22 heavy (non-hydrogen) atoms. The number of nitrogens with zero attached hydrogens (tertiary/aromatic N) is 3. The average molecular weight is 325 g/mol. The van der Waals surface area contributed by atoms with Crippen molar-refractivity contribution in [3.05, 3.63) is 22.2 Å². The first-order valence-electron chi connectivity index (χ1n) is 7.11. The van der Waals surface area contributed by atoms with Crippen LogP contribution in [-0.4, -0.2) is 29.4 Å². The number of aromatic nitrogens is 2. The summed E-state index contributed by atoms with van der Waals surface area (Å²) in [6.45, 7) is 0. The number of sulfone groups is 1. The Kier molecular flexibility index (Phi) is 3.81. The Balaban J connectivity index is 2.00. The molecule has 0 aliphatic heterocycles. The van der Waals surface area contributed by atoms with Gasteiger partial charge in [0, 0.05) is 6.07 Å². The van der Waals surface area contributed by atoms with Crippen LogP contribution < -0.4 is 0 Å². The minimum atomic E-state index is -3.58. The lowest BCUT2D eigenvalue weighted by Gasteiger charge is -2.21. The molecule has 1 aromatic heterocycles. The third-order valence-corrected chi connectivity index (χ3v) is 5.98. The normalized spacial score (nSPS) is 16.9. The van der Waals surface area contributed by atoms with E-state index in [1.165, 1.54) is 6.07 Å². The molecule has 0 unspecified atom stereocenters. The highest BCUT2D eigenvalue weighted by Crippen LogP contribution is 2.32. The molecule has 2 aromatic rings. The van der Waals surface area contributed by atoms with E-state index in [2.05, 4.69) is 14.9 Å². The van der Waals surface area contributed by atoms with E-state index < -0.39 is 14.8 Å². The zero-order valence-corrected chi connectivity index (χ0v) is 12.6. The first-order valence-corrected chi connectivity index (χ1v) is 8.76. The van der Waals surface area contributed by atoms with E-state index in [-0.39, 0.29) is 33.3 Å². The van der Waals surface area contributed by atoms with Crippen LogP contribution in [0.2, 0.25) is 0 Å². The van der Waals surface area contributed by atoms with Crippen LogP contribution in [0.25, 0.3) is 11.0 Å². The highest BCUT2D eigenvalue weighted by atomic mass is 32.2. The van der Waals surface area contributed by atoms with Gasteiger partial charge in [0.1, 0.15) is 0 Å². The van der Waals surface area contributed by atoms with Gasteiger partial charge in [-0.15, -0.1) is 0 Å². The molecule has 8 nitrogen and oxygen atoms in total. The zero-order chi connectivity index (χ0) is 15.7. The number of hydrogen-bond acceptors (Lipinski definition) is 7. The lowest BCUT2D eigenvalue weighted by atomic mass is 9.91. The summed E-state index contributed by atoms with van der Waals surface area (Å²) >= 11 is 0. The lowest BCUT2D eigenvalue weighted by Crippen LogP contribution is -2.19. The summed E-state index contributed by atoms with van der Waals surface area (Å²) in [4.78, 5) is 10.3. The molecule has 3 rings (SSSR count). The van der Waals surface area contributed by atoms with E-state index in [0.717, 1.165) is 38.2 Å². The van der Waals surface area contributed by atoms with Gasteiger partial charge in [-0.1, -0.05) is 19.3 Å². The molecule has 1 saturated carbocycles. The zero-order valence-electron chi connectivity index (χ0n) is 11.8. The van der Waals surface area contributed by atoms with Crippen molar-refractivity contribution < 1.29 is 18.0 Å². The number of benzene rings is 1. The topological polar surface area (TPSA) is 116 Å². The third-order valence-electron chi connectivity index (χ3n) is 4.07. The quantitative estimate of drug-likeness (QED) is 0.626. The van der Waals surface area contributed by atoms with Crippen molar-refractivity contribution in [2.75, 3.05) is 5.75 Å².